The van der Waals surface area contributed by atoms with Crippen LogP contribution in [0.25, 0.3) is 10.9 Å². The van der Waals surface area contributed by atoms with E-state index < -0.39 is 0 Å². The van der Waals surface area contributed by atoms with Crippen LogP contribution in [0.4, 0.5) is 0 Å². The van der Waals surface area contributed by atoms with Crippen molar-refractivity contribution in [1.29, 1.82) is 0 Å². The minimum Gasteiger partial charge on any atom is -0.497 e. The summed E-state index contributed by atoms with van der Waals surface area (Å²) >= 11 is 0. The fourth-order valence-corrected chi connectivity index (χ4v) is 4.96. The molecule has 182 valence electrons. The second-order valence-corrected chi connectivity index (χ2v) is 9.54. The van der Waals surface area contributed by atoms with Crippen LogP contribution in [0.5, 0.6) is 5.75 Å². The molecule has 1 saturated carbocycles. The Kier molecular flexibility index (Phi) is 6.90. The quantitative estimate of drug-likeness (QED) is 0.405. The summed E-state index contributed by atoms with van der Waals surface area (Å²) in [6, 6.07) is 16.6. The van der Waals surface area contributed by atoms with E-state index in [1.54, 1.807) is 7.11 Å². The van der Waals surface area contributed by atoms with Gasteiger partial charge in [0.2, 0.25) is 0 Å². The van der Waals surface area contributed by atoms with Gasteiger partial charge in [-0.25, -0.2) is 4.68 Å². The highest BCUT2D eigenvalue weighted by Gasteiger charge is 2.22. The molecule has 5 rings (SSSR count). The Morgan fingerprint density at radius 2 is 1.83 bits per heavy atom. The summed E-state index contributed by atoms with van der Waals surface area (Å²) in [5.74, 6) is 1.57. The van der Waals surface area contributed by atoms with Crippen molar-refractivity contribution in [3.05, 3.63) is 81.4 Å². The van der Waals surface area contributed by atoms with Crippen molar-refractivity contribution >= 4 is 10.9 Å². The van der Waals surface area contributed by atoms with Gasteiger partial charge in [-0.05, 0) is 59.3 Å². The fourth-order valence-electron chi connectivity index (χ4n) is 4.96. The first kappa shape index (κ1) is 23.2. The molecule has 2 aromatic heterocycles. The van der Waals surface area contributed by atoms with Crippen LogP contribution in [0.2, 0.25) is 0 Å². The van der Waals surface area contributed by atoms with Gasteiger partial charge in [0.05, 0.1) is 25.2 Å². The maximum absolute atomic E-state index is 13.0. The molecule has 0 aliphatic heterocycles. The third-order valence-corrected chi connectivity index (χ3v) is 6.90. The normalized spacial score (nSPS) is 14.6. The summed E-state index contributed by atoms with van der Waals surface area (Å²) < 4.78 is 7.31. The molecule has 0 unspecified atom stereocenters. The molecule has 1 fully saturated rings. The lowest BCUT2D eigenvalue weighted by Gasteiger charge is -2.25. The number of ether oxygens (including phenoxy) is 1. The first-order valence-corrected chi connectivity index (χ1v) is 12.3. The highest BCUT2D eigenvalue weighted by molar-refractivity contribution is 5.80. The standard InChI is InChI=1S/C27H32N6O2/c1-19-8-10-20(11-9-19)16-32(18-26-29-30-31-33(26)23-6-4-3-5-7-23)17-22-14-21-12-13-24(35-2)15-25(21)28-27(22)34/h8-15,23H,3-7,16-18H2,1-2H3,(H,28,34). The second-order valence-electron chi connectivity index (χ2n) is 9.54. The van der Waals surface area contributed by atoms with Crippen LogP contribution in [-0.2, 0) is 19.6 Å². The van der Waals surface area contributed by atoms with Crippen LogP contribution >= 0.6 is 0 Å². The molecule has 2 aromatic carbocycles. The Morgan fingerprint density at radius 1 is 1.03 bits per heavy atom. The minimum absolute atomic E-state index is 0.0912. The van der Waals surface area contributed by atoms with E-state index in [2.05, 4.69) is 56.6 Å². The van der Waals surface area contributed by atoms with Crippen molar-refractivity contribution in [2.24, 2.45) is 0 Å². The average molecular weight is 473 g/mol. The van der Waals surface area contributed by atoms with Gasteiger partial charge in [-0.1, -0.05) is 49.1 Å². The van der Waals surface area contributed by atoms with Gasteiger partial charge in [-0.15, -0.1) is 5.10 Å². The topological polar surface area (TPSA) is 88.9 Å². The van der Waals surface area contributed by atoms with E-state index in [4.69, 9.17) is 4.74 Å². The molecule has 0 spiro atoms. The third-order valence-electron chi connectivity index (χ3n) is 6.90. The summed E-state index contributed by atoms with van der Waals surface area (Å²) in [4.78, 5) is 18.3. The van der Waals surface area contributed by atoms with Crippen LogP contribution in [0.1, 0.15) is 60.7 Å². The minimum atomic E-state index is -0.0912. The Bertz CT molecular complexity index is 1340. The van der Waals surface area contributed by atoms with Gasteiger partial charge in [-0.2, -0.15) is 0 Å². The number of hydrogen-bond acceptors (Lipinski definition) is 6. The molecular formula is C27H32N6O2. The molecule has 0 bridgehead atoms. The van der Waals surface area contributed by atoms with E-state index in [1.165, 1.54) is 30.4 Å². The van der Waals surface area contributed by atoms with E-state index in [1.807, 2.05) is 28.9 Å². The molecule has 35 heavy (non-hydrogen) atoms. The summed E-state index contributed by atoms with van der Waals surface area (Å²) in [6.07, 6.45) is 5.94. The van der Waals surface area contributed by atoms with Gasteiger partial charge in [0.15, 0.2) is 5.82 Å². The van der Waals surface area contributed by atoms with Crippen LogP contribution in [-0.4, -0.2) is 37.2 Å². The number of pyridine rings is 1. The predicted octanol–water partition coefficient (Wildman–Crippen LogP) is 4.54. The van der Waals surface area contributed by atoms with Gasteiger partial charge in [0, 0.05) is 24.7 Å². The highest BCUT2D eigenvalue weighted by atomic mass is 16.5. The average Bonchev–Trinajstić information content (AvgIpc) is 3.34. The van der Waals surface area contributed by atoms with Crippen LogP contribution in [0.3, 0.4) is 0 Å². The molecule has 0 saturated heterocycles. The van der Waals surface area contributed by atoms with Crippen LogP contribution in [0.15, 0.2) is 53.3 Å². The molecule has 8 heteroatoms. The highest BCUT2D eigenvalue weighted by Crippen LogP contribution is 2.28. The molecular weight excluding hydrogens is 440 g/mol. The SMILES string of the molecule is COc1ccc2cc(CN(Cc3ccc(C)cc3)Cc3nnnn3C3CCCCC3)c(=O)[nH]c2c1. The first-order valence-electron chi connectivity index (χ1n) is 12.3. The number of H-pyrrole nitrogens is 1. The van der Waals surface area contributed by atoms with Crippen molar-refractivity contribution in [2.75, 3.05) is 7.11 Å². The van der Waals surface area contributed by atoms with Crippen molar-refractivity contribution < 1.29 is 4.74 Å². The van der Waals surface area contributed by atoms with Crippen LogP contribution in [0, 0.1) is 6.92 Å². The lowest BCUT2D eigenvalue weighted by atomic mass is 9.95. The van der Waals surface area contributed by atoms with Crippen molar-refractivity contribution in [3.8, 4) is 5.75 Å². The van der Waals surface area contributed by atoms with Crippen molar-refractivity contribution in [1.82, 2.24) is 30.1 Å². The second kappa shape index (κ2) is 10.4. The van der Waals surface area contributed by atoms with Gasteiger partial charge < -0.3 is 9.72 Å². The van der Waals surface area contributed by atoms with Crippen LogP contribution < -0.4 is 10.3 Å². The van der Waals surface area contributed by atoms with Crippen molar-refractivity contribution in [2.45, 2.75) is 64.7 Å². The number of fused-ring (bicyclic) bond motifs is 1. The van der Waals surface area contributed by atoms with E-state index >= 15 is 0 Å². The number of aryl methyl sites for hydroxylation is 1. The molecule has 8 nitrogen and oxygen atoms in total. The summed E-state index contributed by atoms with van der Waals surface area (Å²) in [6.45, 7) is 3.83. The number of tetrazole rings is 1. The lowest BCUT2D eigenvalue weighted by Crippen LogP contribution is -2.29. The Hall–Kier alpha value is -3.52. The number of rotatable bonds is 8. The monoisotopic (exact) mass is 472 g/mol. The number of nitrogens with zero attached hydrogens (tertiary/aromatic N) is 5. The molecule has 0 atom stereocenters. The molecule has 0 amide bonds. The van der Waals surface area contributed by atoms with Crippen molar-refractivity contribution in [3.63, 3.8) is 0 Å². The number of nitrogens with one attached hydrogen (secondary N) is 1. The maximum atomic E-state index is 13.0. The van der Waals surface area contributed by atoms with Gasteiger partial charge in [-0.3, -0.25) is 9.69 Å². The smallest absolute Gasteiger partial charge is 0.252 e. The summed E-state index contributed by atoms with van der Waals surface area (Å²) in [7, 11) is 1.62. The molecule has 2 heterocycles. The predicted molar refractivity (Wildman–Crippen MR) is 135 cm³/mol. The summed E-state index contributed by atoms with van der Waals surface area (Å²) in [5, 5.41) is 13.7. The number of methoxy groups -OCH3 is 1. The Morgan fingerprint density at radius 3 is 2.60 bits per heavy atom. The first-order chi connectivity index (χ1) is 17.1. The van der Waals surface area contributed by atoms with E-state index in [-0.39, 0.29) is 5.56 Å². The molecule has 1 aliphatic rings. The fraction of sp³-hybridized carbons (Fsp3) is 0.407. The Labute approximate surface area is 204 Å². The third kappa shape index (κ3) is 5.43. The number of hydrogen-bond donors (Lipinski definition) is 1. The molecule has 1 aliphatic carbocycles. The zero-order valence-corrected chi connectivity index (χ0v) is 20.4. The summed E-state index contributed by atoms with van der Waals surface area (Å²) in [5.41, 5.74) is 3.81. The van der Waals surface area contributed by atoms with E-state index in [0.717, 1.165) is 35.3 Å². The number of benzene rings is 2. The number of aromatic amines is 1. The Balaban J connectivity index is 1.44. The van der Waals surface area contributed by atoms with Gasteiger partial charge >= 0.3 is 0 Å². The largest absolute Gasteiger partial charge is 0.497 e. The molecule has 0 radical (unpaired) electrons. The molecule has 4 aromatic rings. The maximum Gasteiger partial charge on any atom is 0.252 e. The van der Waals surface area contributed by atoms with Gasteiger partial charge in [0.25, 0.3) is 5.56 Å². The zero-order chi connectivity index (χ0) is 24.2. The molecule has 1 N–H and O–H groups in total. The van der Waals surface area contributed by atoms with E-state index in [0.29, 0.717) is 31.2 Å². The number of aromatic nitrogens is 5. The lowest BCUT2D eigenvalue weighted by molar-refractivity contribution is 0.225. The van der Waals surface area contributed by atoms with Gasteiger partial charge in [0.1, 0.15) is 5.75 Å². The van der Waals surface area contributed by atoms with E-state index in [9.17, 15) is 4.79 Å². The zero-order valence-electron chi connectivity index (χ0n) is 20.4.